The number of aliphatic hydroxyl groups excluding tert-OH is 1. The second-order valence-corrected chi connectivity index (χ2v) is 2.90. The van der Waals surface area contributed by atoms with Gasteiger partial charge >= 0.3 is 7.82 Å². The highest BCUT2D eigenvalue weighted by Crippen LogP contribution is 2.35. The number of aliphatic hydroxyl groups is 1. The van der Waals surface area contributed by atoms with Gasteiger partial charge in [0.25, 0.3) is 0 Å². The molecule has 0 aliphatic carbocycles. The van der Waals surface area contributed by atoms with E-state index in [-0.39, 0.29) is 26.4 Å². The van der Waals surface area contributed by atoms with Crippen LogP contribution in [-0.4, -0.2) is 41.3 Å². The van der Waals surface area contributed by atoms with E-state index in [0.29, 0.717) is 0 Å². The van der Waals surface area contributed by atoms with Gasteiger partial charge in [0.1, 0.15) is 0 Å². The average Bonchev–Trinajstić information content (AvgIpc) is 1.85. The third-order valence-corrected chi connectivity index (χ3v) is 1.24. The Kier molecular flexibility index (Phi) is 5.67. The van der Waals surface area contributed by atoms with Crippen molar-refractivity contribution < 1.29 is 28.7 Å². The van der Waals surface area contributed by atoms with E-state index in [1.54, 1.807) is 0 Å². The van der Waals surface area contributed by atoms with Gasteiger partial charge in [-0.2, -0.15) is 0 Å². The van der Waals surface area contributed by atoms with Gasteiger partial charge in [0.05, 0.1) is 26.4 Å². The van der Waals surface area contributed by atoms with Crippen LogP contribution in [-0.2, 0) is 13.8 Å². The Bertz CT molecular complexity index is 131. The molecule has 3 N–H and O–H groups in total. The van der Waals surface area contributed by atoms with E-state index in [9.17, 15) is 4.57 Å². The van der Waals surface area contributed by atoms with Crippen molar-refractivity contribution >= 4 is 7.82 Å². The molecule has 0 saturated heterocycles. The first kappa shape index (κ1) is 11.0. The minimum Gasteiger partial charge on any atom is -0.394 e. The number of phosphoric ester groups is 1. The van der Waals surface area contributed by atoms with Crippen LogP contribution in [0.15, 0.2) is 0 Å². The molecular formula is C4H11O6P. The van der Waals surface area contributed by atoms with Gasteiger partial charge in [0.2, 0.25) is 0 Å². The van der Waals surface area contributed by atoms with Gasteiger partial charge < -0.3 is 19.6 Å². The van der Waals surface area contributed by atoms with Crippen molar-refractivity contribution in [1.82, 2.24) is 0 Å². The fourth-order valence-corrected chi connectivity index (χ4v) is 0.694. The summed E-state index contributed by atoms with van der Waals surface area (Å²) >= 11 is 0. The summed E-state index contributed by atoms with van der Waals surface area (Å²) < 4.78 is 18.7. The maximum Gasteiger partial charge on any atom is 0.469 e. The Hall–Kier alpha value is 0.0300. The molecule has 0 atom stereocenters. The lowest BCUT2D eigenvalue weighted by Crippen LogP contribution is -2.06. The molecule has 0 unspecified atom stereocenters. The molecule has 0 fully saturated rings. The molecule has 0 aromatic rings. The van der Waals surface area contributed by atoms with Crippen LogP contribution in [0, 0.1) is 0 Å². The Morgan fingerprint density at radius 1 is 1.18 bits per heavy atom. The second kappa shape index (κ2) is 5.65. The molecule has 0 amide bonds. The zero-order valence-corrected chi connectivity index (χ0v) is 6.74. The monoisotopic (exact) mass is 186 g/mol. The van der Waals surface area contributed by atoms with Crippen LogP contribution < -0.4 is 0 Å². The molecule has 6 nitrogen and oxygen atoms in total. The lowest BCUT2D eigenvalue weighted by molar-refractivity contribution is 0.0618. The fraction of sp³-hybridized carbons (Fsp3) is 1.00. The van der Waals surface area contributed by atoms with E-state index in [0.717, 1.165) is 0 Å². The highest BCUT2D eigenvalue weighted by Gasteiger charge is 2.12. The van der Waals surface area contributed by atoms with E-state index < -0.39 is 7.82 Å². The fourth-order valence-electron chi connectivity index (χ4n) is 0.382. The van der Waals surface area contributed by atoms with Crippen molar-refractivity contribution in [2.45, 2.75) is 0 Å². The minimum absolute atomic E-state index is 0.0612. The van der Waals surface area contributed by atoms with Crippen LogP contribution in [0.4, 0.5) is 0 Å². The molecule has 7 heteroatoms. The summed E-state index contributed by atoms with van der Waals surface area (Å²) in [7, 11) is -4.36. The lowest BCUT2D eigenvalue weighted by atomic mass is 10.7. The maximum atomic E-state index is 10.0. The van der Waals surface area contributed by atoms with Crippen LogP contribution in [0.3, 0.4) is 0 Å². The zero-order chi connectivity index (χ0) is 8.74. The molecular weight excluding hydrogens is 175 g/mol. The zero-order valence-electron chi connectivity index (χ0n) is 5.84. The lowest BCUT2D eigenvalue weighted by Gasteiger charge is -2.04. The van der Waals surface area contributed by atoms with Gasteiger partial charge in [-0.05, 0) is 0 Å². The Morgan fingerprint density at radius 2 is 1.82 bits per heavy atom. The van der Waals surface area contributed by atoms with Gasteiger partial charge in [-0.15, -0.1) is 0 Å². The molecule has 0 aliphatic heterocycles. The predicted molar refractivity (Wildman–Crippen MR) is 35.9 cm³/mol. The van der Waals surface area contributed by atoms with Gasteiger partial charge in [-0.25, -0.2) is 4.57 Å². The summed E-state index contributed by atoms with van der Waals surface area (Å²) in [5.41, 5.74) is 0. The summed E-state index contributed by atoms with van der Waals surface area (Å²) in [4.78, 5) is 16.3. The molecule has 0 radical (unpaired) electrons. The van der Waals surface area contributed by atoms with Gasteiger partial charge in [-0.3, -0.25) is 4.52 Å². The summed E-state index contributed by atoms with van der Waals surface area (Å²) in [5.74, 6) is 0. The quantitative estimate of drug-likeness (QED) is 0.367. The summed E-state index contributed by atoms with van der Waals surface area (Å²) in [5, 5.41) is 8.21. The number of hydrogen-bond acceptors (Lipinski definition) is 4. The molecule has 0 heterocycles. The van der Waals surface area contributed by atoms with Crippen molar-refractivity contribution in [3.8, 4) is 0 Å². The molecule has 0 aromatic heterocycles. The first-order chi connectivity index (χ1) is 5.06. The van der Waals surface area contributed by atoms with Crippen molar-refractivity contribution in [1.29, 1.82) is 0 Å². The van der Waals surface area contributed by atoms with Crippen LogP contribution in [0.1, 0.15) is 0 Å². The maximum absolute atomic E-state index is 10.0. The summed E-state index contributed by atoms with van der Waals surface area (Å²) in [6.45, 7) is -0.0869. The molecule has 0 aliphatic rings. The number of hydrogen-bond donors (Lipinski definition) is 3. The highest BCUT2D eigenvalue weighted by atomic mass is 31.2. The highest BCUT2D eigenvalue weighted by molar-refractivity contribution is 7.46. The number of phosphoric acid groups is 1. The number of ether oxygens (including phenoxy) is 1. The topological polar surface area (TPSA) is 96.2 Å². The van der Waals surface area contributed by atoms with E-state index in [1.165, 1.54) is 0 Å². The standard InChI is InChI=1S/C4H11O6P/c5-1-2-9-3-4-10-11(6,7)8/h5H,1-4H2,(H2,6,7,8). The van der Waals surface area contributed by atoms with Crippen molar-refractivity contribution in [3.05, 3.63) is 0 Å². The Morgan fingerprint density at radius 3 is 2.27 bits per heavy atom. The molecule has 0 saturated carbocycles. The SMILES string of the molecule is O=P(O)(O)OCCOCCO. The van der Waals surface area contributed by atoms with Gasteiger partial charge in [0.15, 0.2) is 0 Å². The average molecular weight is 186 g/mol. The summed E-state index contributed by atoms with van der Waals surface area (Å²) in [6.07, 6.45) is 0. The minimum atomic E-state index is -4.36. The number of rotatable bonds is 6. The third-order valence-electron chi connectivity index (χ3n) is 0.723. The molecule has 68 valence electrons. The van der Waals surface area contributed by atoms with Crippen LogP contribution in [0.5, 0.6) is 0 Å². The van der Waals surface area contributed by atoms with Crippen LogP contribution >= 0.6 is 7.82 Å². The third kappa shape index (κ3) is 10.0. The van der Waals surface area contributed by atoms with E-state index in [1.807, 2.05) is 0 Å². The Labute approximate surface area is 64.0 Å². The molecule has 0 spiro atoms. The van der Waals surface area contributed by atoms with E-state index in [2.05, 4.69) is 9.26 Å². The molecule has 0 bridgehead atoms. The van der Waals surface area contributed by atoms with E-state index >= 15 is 0 Å². The second-order valence-electron chi connectivity index (χ2n) is 1.66. The van der Waals surface area contributed by atoms with E-state index in [4.69, 9.17) is 14.9 Å². The van der Waals surface area contributed by atoms with Crippen molar-refractivity contribution in [2.75, 3.05) is 26.4 Å². The van der Waals surface area contributed by atoms with Crippen molar-refractivity contribution in [3.63, 3.8) is 0 Å². The normalized spacial score (nSPS) is 11.9. The summed E-state index contributed by atoms with van der Waals surface area (Å²) in [6, 6.07) is 0. The molecule has 11 heavy (non-hydrogen) atoms. The van der Waals surface area contributed by atoms with Crippen LogP contribution in [0.25, 0.3) is 0 Å². The molecule has 0 aromatic carbocycles. The molecule has 0 rings (SSSR count). The largest absolute Gasteiger partial charge is 0.469 e. The van der Waals surface area contributed by atoms with Crippen molar-refractivity contribution in [2.24, 2.45) is 0 Å². The Balaban J connectivity index is 3.09. The first-order valence-corrected chi connectivity index (χ1v) is 4.48. The van der Waals surface area contributed by atoms with Gasteiger partial charge in [0, 0.05) is 0 Å². The first-order valence-electron chi connectivity index (χ1n) is 2.95. The van der Waals surface area contributed by atoms with Crippen LogP contribution in [0.2, 0.25) is 0 Å². The smallest absolute Gasteiger partial charge is 0.394 e. The predicted octanol–water partition coefficient (Wildman–Crippen LogP) is -0.895. The van der Waals surface area contributed by atoms with Gasteiger partial charge in [-0.1, -0.05) is 0 Å².